The molecule has 1 fully saturated rings. The summed E-state index contributed by atoms with van der Waals surface area (Å²) in [5.74, 6) is 0.814. The van der Waals surface area contributed by atoms with E-state index in [1.165, 1.54) is 12.8 Å². The Balaban J connectivity index is 1.66. The Morgan fingerprint density at radius 3 is 2.55 bits per heavy atom. The summed E-state index contributed by atoms with van der Waals surface area (Å²) in [6.07, 6.45) is 5.54. The number of carbonyl (C=O) groups excluding carboxylic acids is 1. The van der Waals surface area contributed by atoms with Crippen LogP contribution in [0, 0.1) is 0 Å². The Kier molecular flexibility index (Phi) is 8.38. The van der Waals surface area contributed by atoms with Crippen LogP contribution in [0.4, 0.5) is 0 Å². The minimum absolute atomic E-state index is 0.00739. The molecule has 0 N–H and O–H groups in total. The average molecular weight is 416 g/mol. The van der Waals surface area contributed by atoms with E-state index in [1.54, 1.807) is 0 Å². The number of benzene rings is 2. The average Bonchev–Trinajstić information content (AvgIpc) is 3.25. The summed E-state index contributed by atoms with van der Waals surface area (Å²) in [5.41, 5.74) is 1.72. The van der Waals surface area contributed by atoms with Gasteiger partial charge < -0.3 is 14.4 Å². The summed E-state index contributed by atoms with van der Waals surface area (Å²) in [7, 11) is 0. The van der Waals surface area contributed by atoms with Gasteiger partial charge >= 0.3 is 0 Å². The zero-order valence-electron chi connectivity index (χ0n) is 17.1. The number of amides is 1. The molecule has 1 saturated heterocycles. The van der Waals surface area contributed by atoms with Crippen LogP contribution >= 0.6 is 11.6 Å². The molecule has 2 aromatic rings. The first-order chi connectivity index (χ1) is 14.2. The van der Waals surface area contributed by atoms with Gasteiger partial charge in [-0.25, -0.2) is 0 Å². The lowest BCUT2D eigenvalue weighted by molar-refractivity contribution is 0.0507. The van der Waals surface area contributed by atoms with Gasteiger partial charge in [0.15, 0.2) is 0 Å². The topological polar surface area (TPSA) is 38.8 Å². The quantitative estimate of drug-likeness (QED) is 0.465. The van der Waals surface area contributed by atoms with Gasteiger partial charge in [0.1, 0.15) is 5.75 Å². The van der Waals surface area contributed by atoms with E-state index in [0.717, 1.165) is 37.2 Å². The molecule has 2 aromatic carbocycles. The van der Waals surface area contributed by atoms with Crippen molar-refractivity contribution in [3.63, 3.8) is 0 Å². The summed E-state index contributed by atoms with van der Waals surface area (Å²) in [5, 5.41) is 0.695. The highest BCUT2D eigenvalue weighted by Crippen LogP contribution is 2.20. The maximum Gasteiger partial charge on any atom is 0.254 e. The smallest absolute Gasteiger partial charge is 0.254 e. The van der Waals surface area contributed by atoms with E-state index in [9.17, 15) is 4.79 Å². The molecular formula is C24H30ClNO3. The molecule has 156 valence electrons. The van der Waals surface area contributed by atoms with Gasteiger partial charge in [0.2, 0.25) is 0 Å². The van der Waals surface area contributed by atoms with Gasteiger partial charge in [0, 0.05) is 30.3 Å². The SMILES string of the molecule is CCCCCOc1ccc(C(=O)N(Cc2ccc(Cl)cc2)CC2CCCO2)cc1. The van der Waals surface area contributed by atoms with Crippen molar-refractivity contribution in [3.05, 3.63) is 64.7 Å². The maximum absolute atomic E-state index is 13.2. The zero-order chi connectivity index (χ0) is 20.5. The predicted molar refractivity (Wildman–Crippen MR) is 117 cm³/mol. The van der Waals surface area contributed by atoms with Crippen molar-refractivity contribution < 1.29 is 14.3 Å². The molecule has 0 aliphatic carbocycles. The Labute approximate surface area is 178 Å². The lowest BCUT2D eigenvalue weighted by Crippen LogP contribution is -2.36. The van der Waals surface area contributed by atoms with E-state index < -0.39 is 0 Å². The lowest BCUT2D eigenvalue weighted by atomic mass is 10.1. The van der Waals surface area contributed by atoms with E-state index in [0.29, 0.717) is 30.3 Å². The van der Waals surface area contributed by atoms with E-state index >= 15 is 0 Å². The third-order valence-corrected chi connectivity index (χ3v) is 5.39. The highest BCUT2D eigenvalue weighted by Gasteiger charge is 2.23. The fourth-order valence-corrected chi connectivity index (χ4v) is 3.61. The highest BCUT2D eigenvalue weighted by molar-refractivity contribution is 6.30. The molecular weight excluding hydrogens is 386 g/mol. The molecule has 3 rings (SSSR count). The van der Waals surface area contributed by atoms with Gasteiger partial charge in [-0.15, -0.1) is 0 Å². The normalized spacial score (nSPS) is 16.0. The predicted octanol–water partition coefficient (Wildman–Crippen LogP) is 5.73. The van der Waals surface area contributed by atoms with Gasteiger partial charge in [-0.05, 0) is 61.2 Å². The van der Waals surface area contributed by atoms with Crippen LogP contribution < -0.4 is 4.74 Å². The van der Waals surface area contributed by atoms with Crippen molar-refractivity contribution in [2.75, 3.05) is 19.8 Å². The fraction of sp³-hybridized carbons (Fsp3) is 0.458. The molecule has 1 heterocycles. The minimum Gasteiger partial charge on any atom is -0.494 e. The molecule has 4 nitrogen and oxygen atoms in total. The first-order valence-electron chi connectivity index (χ1n) is 10.5. The molecule has 0 bridgehead atoms. The van der Waals surface area contributed by atoms with Gasteiger partial charge in [0.25, 0.3) is 5.91 Å². The Hall–Kier alpha value is -2.04. The van der Waals surface area contributed by atoms with Gasteiger partial charge in [-0.1, -0.05) is 43.5 Å². The van der Waals surface area contributed by atoms with Crippen LogP contribution in [0.25, 0.3) is 0 Å². The number of unbranched alkanes of at least 4 members (excludes halogenated alkanes) is 2. The second-order valence-electron chi connectivity index (χ2n) is 7.53. The van der Waals surface area contributed by atoms with E-state index in [2.05, 4.69) is 6.92 Å². The second kappa shape index (κ2) is 11.2. The number of hydrogen-bond acceptors (Lipinski definition) is 3. The Morgan fingerprint density at radius 1 is 1.14 bits per heavy atom. The lowest BCUT2D eigenvalue weighted by Gasteiger charge is -2.26. The molecule has 1 aliphatic heterocycles. The summed E-state index contributed by atoms with van der Waals surface area (Å²) in [6, 6.07) is 15.1. The number of rotatable bonds is 10. The summed E-state index contributed by atoms with van der Waals surface area (Å²) in [6.45, 7) is 4.79. The number of nitrogens with zero attached hydrogens (tertiary/aromatic N) is 1. The molecule has 0 spiro atoms. The highest BCUT2D eigenvalue weighted by atomic mass is 35.5. The molecule has 1 aliphatic rings. The third kappa shape index (κ3) is 6.76. The maximum atomic E-state index is 13.2. The first kappa shape index (κ1) is 21.7. The van der Waals surface area contributed by atoms with Crippen molar-refractivity contribution in [3.8, 4) is 5.75 Å². The molecule has 1 atom stereocenters. The zero-order valence-corrected chi connectivity index (χ0v) is 17.9. The van der Waals surface area contributed by atoms with Crippen molar-refractivity contribution in [1.29, 1.82) is 0 Å². The molecule has 29 heavy (non-hydrogen) atoms. The largest absolute Gasteiger partial charge is 0.494 e. The van der Waals surface area contributed by atoms with E-state index in [1.807, 2.05) is 53.4 Å². The number of carbonyl (C=O) groups is 1. The molecule has 0 radical (unpaired) electrons. The molecule has 0 aromatic heterocycles. The van der Waals surface area contributed by atoms with Crippen LogP contribution in [0.1, 0.15) is 54.9 Å². The van der Waals surface area contributed by atoms with Crippen molar-refractivity contribution in [2.24, 2.45) is 0 Å². The number of ether oxygens (including phenoxy) is 2. The summed E-state index contributed by atoms with van der Waals surface area (Å²) < 4.78 is 11.5. The van der Waals surface area contributed by atoms with E-state index in [-0.39, 0.29) is 12.0 Å². The molecule has 5 heteroatoms. The Bertz CT molecular complexity index is 755. The van der Waals surface area contributed by atoms with Crippen LogP contribution in [0.2, 0.25) is 5.02 Å². The standard InChI is InChI=1S/C24H30ClNO3/c1-2-3-4-15-28-22-13-9-20(10-14-22)24(27)26(18-23-6-5-16-29-23)17-19-7-11-21(25)12-8-19/h7-14,23H,2-6,15-18H2,1H3. The van der Waals surface area contributed by atoms with Gasteiger partial charge in [0.05, 0.1) is 12.7 Å². The second-order valence-corrected chi connectivity index (χ2v) is 7.96. The van der Waals surface area contributed by atoms with Gasteiger partial charge in [-0.3, -0.25) is 4.79 Å². The molecule has 1 amide bonds. The van der Waals surface area contributed by atoms with Crippen LogP contribution in [-0.4, -0.2) is 36.7 Å². The number of halogens is 1. The Morgan fingerprint density at radius 2 is 1.90 bits per heavy atom. The summed E-state index contributed by atoms with van der Waals surface area (Å²) in [4.78, 5) is 15.1. The van der Waals surface area contributed by atoms with Crippen molar-refractivity contribution >= 4 is 17.5 Å². The van der Waals surface area contributed by atoms with Gasteiger partial charge in [-0.2, -0.15) is 0 Å². The monoisotopic (exact) mass is 415 g/mol. The van der Waals surface area contributed by atoms with Crippen LogP contribution in [0.5, 0.6) is 5.75 Å². The fourth-order valence-electron chi connectivity index (χ4n) is 3.48. The van der Waals surface area contributed by atoms with Crippen molar-refractivity contribution in [2.45, 2.75) is 51.7 Å². The molecule has 1 unspecified atom stereocenters. The minimum atomic E-state index is 0.00739. The van der Waals surface area contributed by atoms with E-state index in [4.69, 9.17) is 21.1 Å². The molecule has 0 saturated carbocycles. The van der Waals surface area contributed by atoms with Crippen molar-refractivity contribution in [1.82, 2.24) is 4.90 Å². The van der Waals surface area contributed by atoms with Crippen LogP contribution in [0.15, 0.2) is 48.5 Å². The van der Waals surface area contributed by atoms with Crippen LogP contribution in [0.3, 0.4) is 0 Å². The third-order valence-electron chi connectivity index (χ3n) is 5.14. The first-order valence-corrected chi connectivity index (χ1v) is 10.9. The summed E-state index contributed by atoms with van der Waals surface area (Å²) >= 11 is 6.00. The van der Waals surface area contributed by atoms with Crippen LogP contribution in [-0.2, 0) is 11.3 Å². The number of hydrogen-bond donors (Lipinski definition) is 0.